The van der Waals surface area contributed by atoms with Gasteiger partial charge in [-0.1, -0.05) is 48.6 Å². The first-order valence-corrected chi connectivity index (χ1v) is 8.87. The Bertz CT molecular complexity index is 662. The number of rotatable bonds is 9. The van der Waals surface area contributed by atoms with Gasteiger partial charge in [0.25, 0.3) is 0 Å². The molecule has 0 amide bonds. The summed E-state index contributed by atoms with van der Waals surface area (Å²) in [5, 5.41) is 0. The van der Waals surface area contributed by atoms with Crippen LogP contribution < -0.4 is 11.5 Å². The van der Waals surface area contributed by atoms with Crippen LogP contribution in [0.4, 0.5) is 0 Å². The fourth-order valence-corrected chi connectivity index (χ4v) is 2.97. The molecule has 1 fully saturated rings. The van der Waals surface area contributed by atoms with Gasteiger partial charge >= 0.3 is 11.9 Å². The molecule has 1 saturated heterocycles. The molecule has 1 aliphatic heterocycles. The van der Waals surface area contributed by atoms with E-state index in [1.54, 1.807) is 6.08 Å². The predicted octanol–water partition coefficient (Wildman–Crippen LogP) is 0.889. The highest BCUT2D eigenvalue weighted by Crippen LogP contribution is 2.36. The van der Waals surface area contributed by atoms with Gasteiger partial charge in [0, 0.05) is 13.1 Å². The lowest BCUT2D eigenvalue weighted by Gasteiger charge is -2.19. The summed E-state index contributed by atoms with van der Waals surface area (Å²) in [6.07, 6.45) is 3.75. The first-order chi connectivity index (χ1) is 13.1. The number of ether oxygens (including phenoxy) is 3. The van der Waals surface area contributed by atoms with Crippen LogP contribution in [0.3, 0.4) is 0 Å². The van der Waals surface area contributed by atoms with Gasteiger partial charge in [0.15, 0.2) is 0 Å². The van der Waals surface area contributed by atoms with Gasteiger partial charge in [-0.05, 0) is 5.56 Å². The molecule has 4 atom stereocenters. The second-order valence-electron chi connectivity index (χ2n) is 6.03. The number of hydrogen-bond donors (Lipinski definition) is 2. The van der Waals surface area contributed by atoms with Crippen LogP contribution in [-0.2, 0) is 23.8 Å². The Kier molecular flexibility index (Phi) is 8.19. The van der Waals surface area contributed by atoms with Crippen molar-refractivity contribution in [2.75, 3.05) is 26.3 Å². The fraction of sp³-hybridized carbons (Fsp3) is 0.400. The number of hydrogen-bond acceptors (Lipinski definition) is 7. The molecule has 2 rings (SSSR count). The smallest absolute Gasteiger partial charge is 0.312 e. The van der Waals surface area contributed by atoms with Crippen molar-refractivity contribution in [1.82, 2.24) is 0 Å². The molecule has 1 aliphatic rings. The third kappa shape index (κ3) is 5.50. The number of carbonyl (C=O) groups is 2. The SMILES string of the molecule is C=CC1OC(/C=C/c2ccccc2)C(C(=O)OCCN)C1C(=O)OCCN. The average molecular weight is 374 g/mol. The van der Waals surface area contributed by atoms with Crippen molar-refractivity contribution in [3.8, 4) is 0 Å². The maximum Gasteiger partial charge on any atom is 0.312 e. The molecule has 0 aliphatic carbocycles. The monoisotopic (exact) mass is 374 g/mol. The second kappa shape index (κ2) is 10.6. The lowest BCUT2D eigenvalue weighted by atomic mass is 9.86. The van der Waals surface area contributed by atoms with Crippen molar-refractivity contribution in [3.63, 3.8) is 0 Å². The molecule has 0 radical (unpaired) electrons. The largest absolute Gasteiger partial charge is 0.464 e. The molecule has 1 aromatic carbocycles. The Balaban J connectivity index is 2.27. The molecule has 1 aromatic rings. The molecule has 146 valence electrons. The average Bonchev–Trinajstić information content (AvgIpc) is 3.08. The van der Waals surface area contributed by atoms with Gasteiger partial charge in [-0.2, -0.15) is 0 Å². The third-order valence-corrected chi connectivity index (χ3v) is 4.19. The van der Waals surface area contributed by atoms with E-state index in [2.05, 4.69) is 6.58 Å². The zero-order valence-electron chi connectivity index (χ0n) is 15.2. The van der Waals surface area contributed by atoms with Crippen molar-refractivity contribution >= 4 is 18.0 Å². The van der Waals surface area contributed by atoms with E-state index in [1.807, 2.05) is 36.4 Å². The lowest BCUT2D eigenvalue weighted by Crippen LogP contribution is -2.37. The van der Waals surface area contributed by atoms with Gasteiger partial charge in [0.1, 0.15) is 25.0 Å². The quantitative estimate of drug-likeness (QED) is 0.487. The lowest BCUT2D eigenvalue weighted by molar-refractivity contribution is -0.159. The highest BCUT2D eigenvalue weighted by Gasteiger charge is 2.51. The summed E-state index contributed by atoms with van der Waals surface area (Å²) in [4.78, 5) is 25.1. The van der Waals surface area contributed by atoms with Crippen LogP contribution in [-0.4, -0.2) is 50.4 Å². The predicted molar refractivity (Wildman–Crippen MR) is 101 cm³/mol. The van der Waals surface area contributed by atoms with E-state index < -0.39 is 36.0 Å². The van der Waals surface area contributed by atoms with Gasteiger partial charge in [-0.25, -0.2) is 0 Å². The van der Waals surface area contributed by atoms with Crippen molar-refractivity contribution < 1.29 is 23.8 Å². The molecule has 4 N–H and O–H groups in total. The van der Waals surface area contributed by atoms with Crippen molar-refractivity contribution in [2.24, 2.45) is 23.3 Å². The molecule has 1 heterocycles. The van der Waals surface area contributed by atoms with Crippen LogP contribution in [0.25, 0.3) is 6.08 Å². The minimum Gasteiger partial charge on any atom is -0.464 e. The molecular formula is C20H26N2O5. The first kappa shape index (κ1) is 20.8. The Labute approximate surface area is 158 Å². The van der Waals surface area contributed by atoms with Crippen molar-refractivity contribution in [1.29, 1.82) is 0 Å². The Hall–Kier alpha value is -2.48. The van der Waals surface area contributed by atoms with E-state index in [0.29, 0.717) is 0 Å². The van der Waals surface area contributed by atoms with Crippen LogP contribution >= 0.6 is 0 Å². The summed E-state index contributed by atoms with van der Waals surface area (Å²) >= 11 is 0. The number of benzene rings is 1. The Morgan fingerprint density at radius 1 is 1.00 bits per heavy atom. The summed E-state index contributed by atoms with van der Waals surface area (Å²) in [5.74, 6) is -2.83. The van der Waals surface area contributed by atoms with E-state index in [-0.39, 0.29) is 26.3 Å². The second-order valence-corrected chi connectivity index (χ2v) is 6.03. The number of esters is 2. The number of carbonyl (C=O) groups excluding carboxylic acids is 2. The van der Waals surface area contributed by atoms with Gasteiger partial charge in [0.2, 0.25) is 0 Å². The van der Waals surface area contributed by atoms with Gasteiger partial charge in [-0.15, -0.1) is 6.58 Å². The molecule has 27 heavy (non-hydrogen) atoms. The van der Waals surface area contributed by atoms with E-state index in [4.69, 9.17) is 25.7 Å². The van der Waals surface area contributed by atoms with E-state index in [9.17, 15) is 9.59 Å². The van der Waals surface area contributed by atoms with E-state index in [0.717, 1.165) is 5.56 Å². The first-order valence-electron chi connectivity index (χ1n) is 8.87. The van der Waals surface area contributed by atoms with Crippen LogP contribution in [0.1, 0.15) is 5.56 Å². The molecule has 0 bridgehead atoms. The van der Waals surface area contributed by atoms with E-state index >= 15 is 0 Å². The van der Waals surface area contributed by atoms with Gasteiger partial charge in [-0.3, -0.25) is 9.59 Å². The van der Waals surface area contributed by atoms with Crippen LogP contribution in [0.5, 0.6) is 0 Å². The maximum atomic E-state index is 12.6. The Morgan fingerprint density at radius 2 is 1.56 bits per heavy atom. The zero-order chi connectivity index (χ0) is 19.6. The van der Waals surface area contributed by atoms with Crippen LogP contribution in [0, 0.1) is 11.8 Å². The molecule has 4 unspecified atom stereocenters. The van der Waals surface area contributed by atoms with Gasteiger partial charge < -0.3 is 25.7 Å². The summed E-state index contributed by atoms with van der Waals surface area (Å²) in [7, 11) is 0. The van der Waals surface area contributed by atoms with Crippen LogP contribution in [0.2, 0.25) is 0 Å². The minimum atomic E-state index is -0.857. The van der Waals surface area contributed by atoms with Crippen molar-refractivity contribution in [3.05, 3.63) is 54.6 Å². The van der Waals surface area contributed by atoms with Gasteiger partial charge in [0.05, 0.1) is 12.2 Å². The topological polar surface area (TPSA) is 114 Å². The van der Waals surface area contributed by atoms with Crippen molar-refractivity contribution in [2.45, 2.75) is 12.2 Å². The maximum absolute atomic E-state index is 12.6. The molecule has 0 saturated carbocycles. The highest BCUT2D eigenvalue weighted by atomic mass is 16.6. The Morgan fingerprint density at radius 3 is 2.07 bits per heavy atom. The molecule has 0 spiro atoms. The normalized spacial score (nSPS) is 24.7. The zero-order valence-corrected chi connectivity index (χ0v) is 15.2. The standard InChI is InChI=1S/C20H26N2O5/c1-2-15-17(19(23)25-12-10-21)18(20(24)26-13-11-22)16(27-15)9-8-14-6-4-3-5-7-14/h2-9,15-18H,1,10-13,21-22H2/b9-8+. The van der Waals surface area contributed by atoms with Crippen LogP contribution in [0.15, 0.2) is 49.1 Å². The molecule has 7 nitrogen and oxygen atoms in total. The molecule has 0 aromatic heterocycles. The molecule has 7 heteroatoms. The summed E-state index contributed by atoms with van der Waals surface area (Å²) in [6, 6.07) is 9.56. The fourth-order valence-electron chi connectivity index (χ4n) is 2.97. The summed E-state index contributed by atoms with van der Waals surface area (Å²) in [6.45, 7) is 4.22. The summed E-state index contributed by atoms with van der Waals surface area (Å²) < 4.78 is 16.2. The highest BCUT2D eigenvalue weighted by molar-refractivity contribution is 5.84. The summed E-state index contributed by atoms with van der Waals surface area (Å²) in [5.41, 5.74) is 11.8. The minimum absolute atomic E-state index is 0.0633. The van der Waals surface area contributed by atoms with E-state index in [1.165, 1.54) is 6.08 Å². The number of nitrogens with two attached hydrogens (primary N) is 2. The third-order valence-electron chi connectivity index (χ3n) is 4.19. The molecular weight excluding hydrogens is 348 g/mol.